The van der Waals surface area contributed by atoms with Gasteiger partial charge in [-0.25, -0.2) is 0 Å². The molecule has 104 valence electrons. The van der Waals surface area contributed by atoms with Crippen LogP contribution >= 0.6 is 11.6 Å². The van der Waals surface area contributed by atoms with Crippen LogP contribution in [-0.4, -0.2) is 11.5 Å². The lowest BCUT2D eigenvalue weighted by atomic mass is 10.1. The molecule has 0 amide bonds. The van der Waals surface area contributed by atoms with Crippen molar-refractivity contribution in [1.82, 2.24) is 5.32 Å². The molecule has 5 heteroatoms. The molecule has 1 N–H and O–H groups in total. The maximum Gasteiger partial charge on any atom is 0.269 e. The number of nitrogens with one attached hydrogen (secondary N) is 1. The van der Waals surface area contributed by atoms with Crippen LogP contribution in [0.4, 0.5) is 5.69 Å². The SMILES string of the molecule is CC1CCC(CNCc2cc([N+](=O)[O-])ccc2Cl)C1. The predicted molar refractivity (Wildman–Crippen MR) is 76.3 cm³/mol. The van der Waals surface area contributed by atoms with Crippen molar-refractivity contribution in [2.75, 3.05) is 6.54 Å². The minimum absolute atomic E-state index is 0.0932. The number of hydrogen-bond donors (Lipinski definition) is 1. The fraction of sp³-hybridized carbons (Fsp3) is 0.571. The topological polar surface area (TPSA) is 55.2 Å². The summed E-state index contributed by atoms with van der Waals surface area (Å²) < 4.78 is 0. The highest BCUT2D eigenvalue weighted by molar-refractivity contribution is 6.31. The van der Waals surface area contributed by atoms with Gasteiger partial charge >= 0.3 is 0 Å². The number of non-ortho nitro benzene ring substituents is 1. The molecule has 0 radical (unpaired) electrons. The molecule has 2 unspecified atom stereocenters. The van der Waals surface area contributed by atoms with Crippen molar-refractivity contribution in [1.29, 1.82) is 0 Å². The average molecular weight is 283 g/mol. The lowest BCUT2D eigenvalue weighted by Gasteiger charge is -2.11. The lowest BCUT2D eigenvalue weighted by molar-refractivity contribution is -0.384. The summed E-state index contributed by atoms with van der Waals surface area (Å²) >= 11 is 6.06. The van der Waals surface area contributed by atoms with Crippen molar-refractivity contribution < 1.29 is 4.92 Å². The van der Waals surface area contributed by atoms with Crippen molar-refractivity contribution >= 4 is 17.3 Å². The van der Waals surface area contributed by atoms with E-state index < -0.39 is 4.92 Å². The molecule has 0 bridgehead atoms. The Morgan fingerprint density at radius 2 is 2.26 bits per heavy atom. The van der Waals surface area contributed by atoms with Gasteiger partial charge in [0.05, 0.1) is 4.92 Å². The molecule has 1 aromatic carbocycles. The molecule has 0 aromatic heterocycles. The molecule has 0 aliphatic heterocycles. The zero-order chi connectivity index (χ0) is 13.8. The van der Waals surface area contributed by atoms with Gasteiger partial charge in [-0.3, -0.25) is 10.1 Å². The summed E-state index contributed by atoms with van der Waals surface area (Å²) in [6.07, 6.45) is 3.86. The Morgan fingerprint density at radius 3 is 2.89 bits per heavy atom. The second-order valence-electron chi connectivity index (χ2n) is 5.45. The van der Waals surface area contributed by atoms with E-state index in [0.29, 0.717) is 11.6 Å². The smallest absolute Gasteiger partial charge is 0.269 e. The van der Waals surface area contributed by atoms with Crippen LogP contribution < -0.4 is 5.32 Å². The summed E-state index contributed by atoms with van der Waals surface area (Å²) in [6, 6.07) is 4.57. The maximum atomic E-state index is 10.7. The van der Waals surface area contributed by atoms with Gasteiger partial charge in [0.2, 0.25) is 0 Å². The second kappa shape index (κ2) is 6.35. The second-order valence-corrected chi connectivity index (χ2v) is 5.86. The number of nitro benzene ring substituents is 1. The molecule has 1 aromatic rings. The molecule has 1 aliphatic carbocycles. The van der Waals surface area contributed by atoms with Crippen LogP contribution in [0.3, 0.4) is 0 Å². The highest BCUT2D eigenvalue weighted by Gasteiger charge is 2.20. The molecule has 1 fully saturated rings. The predicted octanol–water partition coefficient (Wildman–Crippen LogP) is 3.77. The largest absolute Gasteiger partial charge is 0.312 e. The first-order valence-corrected chi connectivity index (χ1v) is 7.07. The van der Waals surface area contributed by atoms with E-state index >= 15 is 0 Å². The molecule has 1 aliphatic rings. The Labute approximate surface area is 118 Å². The molecule has 4 nitrogen and oxygen atoms in total. The third-order valence-electron chi connectivity index (χ3n) is 3.79. The van der Waals surface area contributed by atoms with E-state index in [1.807, 2.05) is 0 Å². The first-order valence-electron chi connectivity index (χ1n) is 6.70. The fourth-order valence-electron chi connectivity index (χ4n) is 2.73. The molecule has 0 saturated heterocycles. The monoisotopic (exact) mass is 282 g/mol. The van der Waals surface area contributed by atoms with Crippen LogP contribution in [0.25, 0.3) is 0 Å². The van der Waals surface area contributed by atoms with Crippen molar-refractivity contribution in [2.45, 2.75) is 32.7 Å². The lowest BCUT2D eigenvalue weighted by Crippen LogP contribution is -2.21. The Hall–Kier alpha value is -1.13. The minimum atomic E-state index is -0.390. The summed E-state index contributed by atoms with van der Waals surface area (Å²) in [5, 5.41) is 14.7. The summed E-state index contributed by atoms with van der Waals surface area (Å²) in [5.41, 5.74) is 0.887. The number of rotatable bonds is 5. The normalized spacial score (nSPS) is 22.6. The van der Waals surface area contributed by atoms with E-state index in [9.17, 15) is 10.1 Å². The third kappa shape index (κ3) is 3.91. The van der Waals surface area contributed by atoms with Gasteiger partial charge in [0.25, 0.3) is 5.69 Å². The minimum Gasteiger partial charge on any atom is -0.312 e. The summed E-state index contributed by atoms with van der Waals surface area (Å²) in [5.74, 6) is 1.56. The van der Waals surface area contributed by atoms with E-state index in [2.05, 4.69) is 12.2 Å². The zero-order valence-corrected chi connectivity index (χ0v) is 11.8. The summed E-state index contributed by atoms with van der Waals surface area (Å²) in [4.78, 5) is 10.3. The third-order valence-corrected chi connectivity index (χ3v) is 4.16. The Morgan fingerprint density at radius 1 is 1.47 bits per heavy atom. The molecule has 1 saturated carbocycles. The number of halogens is 1. The summed E-state index contributed by atoms with van der Waals surface area (Å²) in [6.45, 7) is 3.84. The van der Waals surface area contributed by atoms with Crippen LogP contribution in [0.1, 0.15) is 31.7 Å². The van der Waals surface area contributed by atoms with Gasteiger partial charge < -0.3 is 5.32 Å². The maximum absolute atomic E-state index is 10.7. The highest BCUT2D eigenvalue weighted by Crippen LogP contribution is 2.29. The van der Waals surface area contributed by atoms with Crippen LogP contribution in [0.15, 0.2) is 18.2 Å². The molecule has 2 atom stereocenters. The van der Waals surface area contributed by atoms with Crippen molar-refractivity contribution in [3.05, 3.63) is 38.9 Å². The zero-order valence-electron chi connectivity index (χ0n) is 11.1. The van der Waals surface area contributed by atoms with Crippen molar-refractivity contribution in [2.24, 2.45) is 11.8 Å². The van der Waals surface area contributed by atoms with Gasteiger partial charge in [-0.05, 0) is 42.9 Å². The van der Waals surface area contributed by atoms with E-state index in [0.717, 1.165) is 23.9 Å². The Kier molecular flexibility index (Phi) is 4.77. The van der Waals surface area contributed by atoms with Gasteiger partial charge in [-0.1, -0.05) is 24.9 Å². The van der Waals surface area contributed by atoms with Gasteiger partial charge in [-0.15, -0.1) is 0 Å². The van der Waals surface area contributed by atoms with E-state index in [1.54, 1.807) is 12.1 Å². The van der Waals surface area contributed by atoms with Gasteiger partial charge in [0.1, 0.15) is 0 Å². The molecular weight excluding hydrogens is 264 g/mol. The standard InChI is InChI=1S/C14H19ClN2O2/c1-10-2-3-11(6-10)8-16-9-12-7-13(17(18)19)4-5-14(12)15/h4-5,7,10-11,16H,2-3,6,8-9H2,1H3. The molecular formula is C14H19ClN2O2. The van der Waals surface area contributed by atoms with Crippen molar-refractivity contribution in [3.8, 4) is 0 Å². The Bertz CT molecular complexity index is 465. The Balaban J connectivity index is 1.88. The quantitative estimate of drug-likeness (QED) is 0.660. The number of nitrogens with zero attached hydrogens (tertiary/aromatic N) is 1. The molecule has 19 heavy (non-hydrogen) atoms. The molecule has 0 spiro atoms. The van der Waals surface area contributed by atoms with Crippen LogP contribution in [0.5, 0.6) is 0 Å². The van der Waals surface area contributed by atoms with Crippen LogP contribution in [0.2, 0.25) is 5.02 Å². The average Bonchev–Trinajstić information content (AvgIpc) is 2.77. The van der Waals surface area contributed by atoms with Crippen molar-refractivity contribution in [3.63, 3.8) is 0 Å². The van der Waals surface area contributed by atoms with Crippen LogP contribution in [-0.2, 0) is 6.54 Å². The first kappa shape index (κ1) is 14.3. The number of benzene rings is 1. The summed E-state index contributed by atoms with van der Waals surface area (Å²) in [7, 11) is 0. The first-order chi connectivity index (χ1) is 9.06. The van der Waals surface area contributed by atoms with E-state index in [4.69, 9.17) is 11.6 Å². The van der Waals surface area contributed by atoms with Gasteiger partial charge in [-0.2, -0.15) is 0 Å². The van der Waals surface area contributed by atoms with E-state index in [-0.39, 0.29) is 5.69 Å². The van der Waals surface area contributed by atoms with Gasteiger partial charge in [0.15, 0.2) is 0 Å². The van der Waals surface area contributed by atoms with E-state index in [1.165, 1.54) is 25.3 Å². The van der Waals surface area contributed by atoms with Gasteiger partial charge in [0, 0.05) is 23.7 Å². The fourth-order valence-corrected chi connectivity index (χ4v) is 2.92. The number of hydrogen-bond acceptors (Lipinski definition) is 3. The molecule has 2 rings (SSSR count). The molecule has 0 heterocycles. The highest BCUT2D eigenvalue weighted by atomic mass is 35.5. The number of nitro groups is 1. The van der Waals surface area contributed by atoms with Crippen LogP contribution in [0, 0.1) is 22.0 Å².